The number of hydrogen-bond acceptors (Lipinski definition) is 2. The van der Waals surface area contributed by atoms with E-state index in [0.29, 0.717) is 5.82 Å². The molecule has 0 saturated carbocycles. The van der Waals surface area contributed by atoms with Gasteiger partial charge in [0.25, 0.3) is 0 Å². The summed E-state index contributed by atoms with van der Waals surface area (Å²) >= 11 is 6.06. The quantitative estimate of drug-likeness (QED) is 0.630. The van der Waals surface area contributed by atoms with Gasteiger partial charge in [-0.2, -0.15) is 13.2 Å². The zero-order valence-corrected chi connectivity index (χ0v) is 13.7. The van der Waals surface area contributed by atoms with E-state index in [2.05, 4.69) is 16.3 Å². The van der Waals surface area contributed by atoms with Crippen LogP contribution in [0.1, 0.15) is 29.2 Å². The van der Waals surface area contributed by atoms with E-state index in [-0.39, 0.29) is 16.6 Å². The molecule has 4 rings (SSSR count). The van der Waals surface area contributed by atoms with Crippen LogP contribution in [0.2, 0.25) is 5.02 Å². The molecule has 0 aliphatic heterocycles. The molecule has 1 aliphatic rings. The summed E-state index contributed by atoms with van der Waals surface area (Å²) in [6.07, 6.45) is -1.20. The van der Waals surface area contributed by atoms with Crippen LogP contribution in [-0.2, 0) is 12.6 Å². The Labute approximate surface area is 147 Å². The molecule has 0 amide bonds. The van der Waals surface area contributed by atoms with Gasteiger partial charge in [-0.05, 0) is 36.1 Å². The summed E-state index contributed by atoms with van der Waals surface area (Å²) in [6.45, 7) is 0. The van der Waals surface area contributed by atoms with Gasteiger partial charge in [-0.25, -0.2) is 0 Å². The molecule has 0 saturated heterocycles. The molecule has 7 heteroatoms. The van der Waals surface area contributed by atoms with Gasteiger partial charge in [0.2, 0.25) is 0 Å². The van der Waals surface area contributed by atoms with Gasteiger partial charge in [0, 0.05) is 5.56 Å². The van der Waals surface area contributed by atoms with Crippen LogP contribution in [0.25, 0.3) is 11.4 Å². The largest absolute Gasteiger partial charge is 0.417 e. The van der Waals surface area contributed by atoms with E-state index in [1.807, 2.05) is 22.8 Å². The van der Waals surface area contributed by atoms with Gasteiger partial charge >= 0.3 is 6.18 Å². The predicted molar refractivity (Wildman–Crippen MR) is 88.4 cm³/mol. The summed E-state index contributed by atoms with van der Waals surface area (Å²) in [5, 5.41) is 7.62. The van der Waals surface area contributed by atoms with Crippen molar-refractivity contribution in [2.75, 3.05) is 0 Å². The third-order valence-corrected chi connectivity index (χ3v) is 4.96. The lowest BCUT2D eigenvalue weighted by Crippen LogP contribution is -2.10. The Bertz CT molecular complexity index is 933. The molecule has 0 radical (unpaired) electrons. The van der Waals surface area contributed by atoms with E-state index < -0.39 is 11.7 Å². The Morgan fingerprint density at radius 3 is 2.68 bits per heavy atom. The lowest BCUT2D eigenvalue weighted by atomic mass is 10.1. The smallest absolute Gasteiger partial charge is 0.306 e. The number of halogens is 4. The molecule has 2 aromatic carbocycles. The second-order valence-corrected chi connectivity index (χ2v) is 6.36. The maximum absolute atomic E-state index is 13.1. The summed E-state index contributed by atoms with van der Waals surface area (Å²) in [5.41, 5.74) is 1.75. The molecule has 1 atom stereocenters. The fourth-order valence-electron chi connectivity index (χ4n) is 3.41. The Morgan fingerprint density at radius 1 is 1.08 bits per heavy atom. The zero-order valence-electron chi connectivity index (χ0n) is 13.0. The number of alkyl halides is 3. The summed E-state index contributed by atoms with van der Waals surface area (Å²) in [7, 11) is 0. The van der Waals surface area contributed by atoms with Crippen LogP contribution in [0.4, 0.5) is 13.2 Å². The van der Waals surface area contributed by atoms with E-state index in [4.69, 9.17) is 11.6 Å². The van der Waals surface area contributed by atoms with Gasteiger partial charge in [0.05, 0.1) is 16.6 Å². The van der Waals surface area contributed by atoms with Crippen molar-refractivity contribution in [3.63, 3.8) is 0 Å². The second kappa shape index (κ2) is 5.88. The number of fused-ring (bicyclic) bond motifs is 1. The molecular weight excluding hydrogens is 351 g/mol. The minimum atomic E-state index is -4.52. The van der Waals surface area contributed by atoms with Crippen molar-refractivity contribution < 1.29 is 13.2 Å². The number of hydrogen-bond donors (Lipinski definition) is 0. The van der Waals surface area contributed by atoms with Crippen LogP contribution in [0.15, 0.2) is 48.8 Å². The van der Waals surface area contributed by atoms with Crippen LogP contribution in [0.5, 0.6) is 0 Å². The molecule has 128 valence electrons. The van der Waals surface area contributed by atoms with Gasteiger partial charge in [0.15, 0.2) is 5.82 Å². The number of rotatable bonds is 2. The monoisotopic (exact) mass is 363 g/mol. The Kier molecular flexibility index (Phi) is 3.80. The highest BCUT2D eigenvalue weighted by atomic mass is 35.5. The highest BCUT2D eigenvalue weighted by Crippen LogP contribution is 2.41. The summed E-state index contributed by atoms with van der Waals surface area (Å²) in [5.74, 6) is 0.345. The van der Waals surface area contributed by atoms with Crippen molar-refractivity contribution in [2.24, 2.45) is 0 Å². The Hall–Kier alpha value is -2.34. The molecule has 0 N–H and O–H groups in total. The van der Waals surface area contributed by atoms with E-state index in [9.17, 15) is 13.2 Å². The van der Waals surface area contributed by atoms with Crippen molar-refractivity contribution in [3.8, 4) is 11.4 Å². The zero-order chi connectivity index (χ0) is 17.6. The van der Waals surface area contributed by atoms with Crippen LogP contribution in [-0.4, -0.2) is 14.8 Å². The summed E-state index contributed by atoms with van der Waals surface area (Å²) < 4.78 is 41.2. The molecule has 3 aromatic rings. The molecule has 3 nitrogen and oxygen atoms in total. The molecule has 25 heavy (non-hydrogen) atoms. The van der Waals surface area contributed by atoms with Gasteiger partial charge in [0.1, 0.15) is 6.33 Å². The van der Waals surface area contributed by atoms with E-state index in [1.165, 1.54) is 11.6 Å². The molecular formula is C18H13ClF3N3. The van der Waals surface area contributed by atoms with E-state index in [0.717, 1.165) is 24.5 Å². The summed E-state index contributed by atoms with van der Waals surface area (Å²) in [4.78, 5) is 0. The van der Waals surface area contributed by atoms with Gasteiger partial charge in [-0.3, -0.25) is 0 Å². The fraction of sp³-hybridized carbons (Fsp3) is 0.222. The van der Waals surface area contributed by atoms with Gasteiger partial charge < -0.3 is 4.57 Å². The second-order valence-electron chi connectivity index (χ2n) is 5.98. The minimum absolute atomic E-state index is 0.00758. The van der Waals surface area contributed by atoms with Crippen LogP contribution in [0, 0.1) is 0 Å². The van der Waals surface area contributed by atoms with Gasteiger partial charge in [-0.15, -0.1) is 10.2 Å². The van der Waals surface area contributed by atoms with Crippen LogP contribution in [0.3, 0.4) is 0 Å². The lowest BCUT2D eigenvalue weighted by Gasteiger charge is -2.17. The topological polar surface area (TPSA) is 30.7 Å². The average Bonchev–Trinajstić information content (AvgIpc) is 3.20. The van der Waals surface area contributed by atoms with Crippen molar-refractivity contribution in [1.29, 1.82) is 0 Å². The molecule has 0 spiro atoms. The van der Waals surface area contributed by atoms with Gasteiger partial charge in [-0.1, -0.05) is 41.9 Å². The molecule has 1 aromatic heterocycles. The van der Waals surface area contributed by atoms with Crippen LogP contribution < -0.4 is 0 Å². The average molecular weight is 364 g/mol. The SMILES string of the molecule is FC(F)(F)c1cccc(-c2nncn2[C@H]2CCc3ccccc32)c1Cl. The predicted octanol–water partition coefficient (Wildman–Crippen LogP) is 5.15. The maximum atomic E-state index is 13.1. The first kappa shape index (κ1) is 16.1. The minimum Gasteiger partial charge on any atom is -0.306 e. The van der Waals surface area contributed by atoms with Crippen molar-refractivity contribution >= 4 is 11.6 Å². The Balaban J connectivity index is 1.82. The summed E-state index contributed by atoms with van der Waals surface area (Å²) in [6, 6.07) is 11.9. The molecule has 0 unspecified atom stereocenters. The standard InChI is InChI=1S/C18H13ClF3N3/c19-16-13(6-3-7-14(16)18(20,21)22)17-24-23-10-25(17)15-9-8-11-4-1-2-5-12(11)15/h1-7,10,15H,8-9H2/t15-/m0/s1. The lowest BCUT2D eigenvalue weighted by molar-refractivity contribution is -0.137. The fourth-order valence-corrected chi connectivity index (χ4v) is 3.73. The van der Waals surface area contributed by atoms with Crippen molar-refractivity contribution in [2.45, 2.75) is 25.1 Å². The van der Waals surface area contributed by atoms with E-state index in [1.54, 1.807) is 12.4 Å². The third-order valence-electron chi connectivity index (χ3n) is 4.56. The normalized spacial score (nSPS) is 16.9. The van der Waals surface area contributed by atoms with Crippen molar-refractivity contribution in [3.05, 3.63) is 70.5 Å². The highest BCUT2D eigenvalue weighted by Gasteiger charge is 2.35. The number of aromatic nitrogens is 3. The maximum Gasteiger partial charge on any atom is 0.417 e. The van der Waals surface area contributed by atoms with E-state index >= 15 is 0 Å². The van der Waals surface area contributed by atoms with Crippen molar-refractivity contribution in [1.82, 2.24) is 14.8 Å². The van der Waals surface area contributed by atoms with Crippen LogP contribution >= 0.6 is 11.6 Å². The number of benzene rings is 2. The molecule has 0 fully saturated rings. The Morgan fingerprint density at radius 2 is 1.88 bits per heavy atom. The first-order valence-corrected chi connectivity index (χ1v) is 8.18. The molecule has 1 heterocycles. The number of nitrogens with zero attached hydrogens (tertiary/aromatic N) is 3. The first-order chi connectivity index (χ1) is 12.0. The third kappa shape index (κ3) is 2.70. The first-order valence-electron chi connectivity index (χ1n) is 7.80. The molecule has 0 bridgehead atoms. The molecule has 1 aliphatic carbocycles. The highest BCUT2D eigenvalue weighted by molar-refractivity contribution is 6.34. The number of aryl methyl sites for hydroxylation is 1.